The van der Waals surface area contributed by atoms with Crippen LogP contribution in [0, 0.1) is 12.7 Å². The third-order valence-electron chi connectivity index (χ3n) is 4.14. The molecular formula is C20H25FN2O4S. The Balaban J connectivity index is 1.98. The van der Waals surface area contributed by atoms with Crippen molar-refractivity contribution in [3.8, 4) is 5.75 Å². The van der Waals surface area contributed by atoms with Gasteiger partial charge in [-0.05, 0) is 43.2 Å². The molecule has 152 valence electrons. The molecule has 28 heavy (non-hydrogen) atoms. The molecule has 0 unspecified atom stereocenters. The van der Waals surface area contributed by atoms with Crippen molar-refractivity contribution in [2.75, 3.05) is 20.2 Å². The number of sulfonamides is 1. The first-order valence-corrected chi connectivity index (χ1v) is 10.4. The largest absolute Gasteiger partial charge is 0.483 e. The Hall–Kier alpha value is -2.45. The number of nitrogens with one attached hydrogen (secondary N) is 1. The fourth-order valence-electron chi connectivity index (χ4n) is 2.49. The fourth-order valence-corrected chi connectivity index (χ4v) is 3.71. The Labute approximate surface area is 165 Å². The van der Waals surface area contributed by atoms with Gasteiger partial charge in [0.25, 0.3) is 5.91 Å². The summed E-state index contributed by atoms with van der Waals surface area (Å²) in [5.41, 5.74) is 1.02. The maximum absolute atomic E-state index is 13.7. The molecule has 0 aromatic heterocycles. The standard InChI is InChI=1S/C20H25FN2O4S/c1-4-11-22-28(25,26)17-9-10-19(15(2)12-17)27-14-20(24)23(3)13-16-7-5-6-8-18(16)21/h5-10,12,22H,4,11,13-14H2,1-3H3. The van der Waals surface area contributed by atoms with Gasteiger partial charge in [0.1, 0.15) is 11.6 Å². The number of benzene rings is 2. The molecule has 0 spiro atoms. The van der Waals surface area contributed by atoms with Crippen molar-refractivity contribution in [2.45, 2.75) is 31.7 Å². The molecular weight excluding hydrogens is 383 g/mol. The number of likely N-dealkylation sites (N-methyl/N-ethyl adjacent to an activating group) is 1. The summed E-state index contributed by atoms with van der Waals surface area (Å²) >= 11 is 0. The Kier molecular flexibility index (Phi) is 7.53. The predicted octanol–water partition coefficient (Wildman–Crippen LogP) is 2.86. The molecule has 0 aliphatic rings. The monoisotopic (exact) mass is 408 g/mol. The van der Waals surface area contributed by atoms with Crippen molar-refractivity contribution in [3.05, 3.63) is 59.4 Å². The summed E-state index contributed by atoms with van der Waals surface area (Å²) in [5.74, 6) is -0.265. The van der Waals surface area contributed by atoms with Crippen LogP contribution in [-0.2, 0) is 21.4 Å². The minimum atomic E-state index is -3.56. The van der Waals surface area contributed by atoms with Crippen molar-refractivity contribution < 1.29 is 22.3 Å². The van der Waals surface area contributed by atoms with Crippen LogP contribution in [0.15, 0.2) is 47.4 Å². The second-order valence-corrected chi connectivity index (χ2v) is 8.22. The highest BCUT2D eigenvalue weighted by molar-refractivity contribution is 7.89. The zero-order valence-electron chi connectivity index (χ0n) is 16.2. The van der Waals surface area contributed by atoms with E-state index < -0.39 is 10.0 Å². The molecule has 1 N–H and O–H groups in total. The third kappa shape index (κ3) is 5.77. The molecule has 0 fully saturated rings. The molecule has 0 heterocycles. The molecule has 0 radical (unpaired) electrons. The highest BCUT2D eigenvalue weighted by Gasteiger charge is 2.16. The van der Waals surface area contributed by atoms with Crippen LogP contribution in [0.4, 0.5) is 4.39 Å². The zero-order chi connectivity index (χ0) is 20.7. The number of amides is 1. The quantitative estimate of drug-likeness (QED) is 0.692. The van der Waals surface area contributed by atoms with Crippen molar-refractivity contribution in [1.29, 1.82) is 0 Å². The first-order valence-electron chi connectivity index (χ1n) is 8.95. The number of aryl methyl sites for hydroxylation is 1. The molecule has 2 rings (SSSR count). The van der Waals surface area contributed by atoms with Gasteiger partial charge in [-0.3, -0.25) is 4.79 Å². The van der Waals surface area contributed by atoms with E-state index in [9.17, 15) is 17.6 Å². The van der Waals surface area contributed by atoms with Crippen molar-refractivity contribution in [1.82, 2.24) is 9.62 Å². The van der Waals surface area contributed by atoms with Crippen molar-refractivity contribution >= 4 is 15.9 Å². The average Bonchev–Trinajstić information content (AvgIpc) is 2.66. The van der Waals surface area contributed by atoms with E-state index in [4.69, 9.17) is 4.74 Å². The summed E-state index contributed by atoms with van der Waals surface area (Å²) in [5, 5.41) is 0. The molecule has 0 aliphatic carbocycles. The second kappa shape index (κ2) is 9.66. The van der Waals surface area contributed by atoms with E-state index in [-0.39, 0.29) is 29.8 Å². The number of rotatable bonds is 9. The van der Waals surface area contributed by atoms with Crippen LogP contribution in [0.3, 0.4) is 0 Å². The number of hydrogen-bond acceptors (Lipinski definition) is 4. The Morgan fingerprint density at radius 2 is 1.93 bits per heavy atom. The molecule has 1 amide bonds. The highest BCUT2D eigenvalue weighted by Crippen LogP contribution is 2.22. The summed E-state index contributed by atoms with van der Waals surface area (Å²) < 4.78 is 46.1. The number of carbonyl (C=O) groups excluding carboxylic acids is 1. The van der Waals surface area contributed by atoms with Crippen LogP contribution in [0.25, 0.3) is 0 Å². The van der Waals surface area contributed by atoms with Gasteiger partial charge in [0.15, 0.2) is 6.61 Å². The highest BCUT2D eigenvalue weighted by atomic mass is 32.2. The maximum Gasteiger partial charge on any atom is 0.260 e. The van der Waals surface area contributed by atoms with E-state index in [1.807, 2.05) is 6.92 Å². The zero-order valence-corrected chi connectivity index (χ0v) is 17.1. The number of nitrogens with zero attached hydrogens (tertiary/aromatic N) is 1. The average molecular weight is 408 g/mol. The molecule has 8 heteroatoms. The van der Waals surface area contributed by atoms with Gasteiger partial charge in [-0.25, -0.2) is 17.5 Å². The normalized spacial score (nSPS) is 11.3. The number of halogens is 1. The molecule has 0 bridgehead atoms. The number of hydrogen-bond donors (Lipinski definition) is 1. The molecule has 2 aromatic carbocycles. The topological polar surface area (TPSA) is 75.7 Å². The van der Waals surface area contributed by atoms with E-state index >= 15 is 0 Å². The summed E-state index contributed by atoms with van der Waals surface area (Å²) in [4.78, 5) is 13.8. The molecule has 2 aromatic rings. The Morgan fingerprint density at radius 1 is 1.21 bits per heavy atom. The summed E-state index contributed by atoms with van der Waals surface area (Å²) in [6, 6.07) is 10.7. The van der Waals surface area contributed by atoms with Gasteiger partial charge in [-0.15, -0.1) is 0 Å². The summed E-state index contributed by atoms with van der Waals surface area (Å²) in [6.45, 7) is 3.86. The van der Waals surface area contributed by atoms with Crippen LogP contribution in [0.1, 0.15) is 24.5 Å². The molecule has 0 aliphatic heterocycles. The Morgan fingerprint density at radius 3 is 2.57 bits per heavy atom. The SMILES string of the molecule is CCCNS(=O)(=O)c1ccc(OCC(=O)N(C)Cc2ccccc2F)c(C)c1. The summed E-state index contributed by atoms with van der Waals surface area (Å²) in [7, 11) is -1.99. The first kappa shape index (κ1) is 21.8. The lowest BCUT2D eigenvalue weighted by Gasteiger charge is -2.18. The molecule has 0 saturated heterocycles. The molecule has 0 atom stereocenters. The number of ether oxygens (including phenoxy) is 1. The maximum atomic E-state index is 13.7. The van der Waals surface area contributed by atoms with Crippen molar-refractivity contribution in [2.24, 2.45) is 0 Å². The lowest BCUT2D eigenvalue weighted by molar-refractivity contribution is -0.132. The number of carbonyl (C=O) groups is 1. The van der Waals surface area contributed by atoms with Crippen LogP contribution < -0.4 is 9.46 Å². The van der Waals surface area contributed by atoms with Crippen LogP contribution in [0.5, 0.6) is 5.75 Å². The van der Waals surface area contributed by atoms with E-state index in [2.05, 4.69) is 4.72 Å². The third-order valence-corrected chi connectivity index (χ3v) is 5.60. The van der Waals surface area contributed by atoms with E-state index in [0.717, 1.165) is 0 Å². The van der Waals surface area contributed by atoms with Crippen molar-refractivity contribution in [3.63, 3.8) is 0 Å². The first-order chi connectivity index (χ1) is 13.2. The van der Waals surface area contributed by atoms with Crippen LogP contribution in [0.2, 0.25) is 0 Å². The lowest BCUT2D eigenvalue weighted by atomic mass is 10.2. The molecule has 6 nitrogen and oxygen atoms in total. The van der Waals surface area contributed by atoms with Gasteiger partial charge in [-0.2, -0.15) is 0 Å². The van der Waals surface area contributed by atoms with Crippen LogP contribution >= 0.6 is 0 Å². The van der Waals surface area contributed by atoms with Gasteiger partial charge in [0.2, 0.25) is 10.0 Å². The predicted molar refractivity (Wildman–Crippen MR) is 105 cm³/mol. The minimum Gasteiger partial charge on any atom is -0.483 e. The fraction of sp³-hybridized carbons (Fsp3) is 0.350. The van der Waals surface area contributed by atoms with Gasteiger partial charge in [0.05, 0.1) is 4.90 Å². The lowest BCUT2D eigenvalue weighted by Crippen LogP contribution is -2.31. The van der Waals surface area contributed by atoms with Gasteiger partial charge < -0.3 is 9.64 Å². The minimum absolute atomic E-state index is 0.133. The van der Waals surface area contributed by atoms with Gasteiger partial charge in [0, 0.05) is 25.7 Å². The van der Waals surface area contributed by atoms with E-state index in [0.29, 0.717) is 29.8 Å². The van der Waals surface area contributed by atoms with E-state index in [1.54, 1.807) is 32.2 Å². The Bertz CT molecular complexity index is 932. The summed E-state index contributed by atoms with van der Waals surface area (Å²) in [6.07, 6.45) is 0.696. The van der Waals surface area contributed by atoms with Gasteiger partial charge in [-0.1, -0.05) is 25.1 Å². The van der Waals surface area contributed by atoms with Crippen LogP contribution in [-0.4, -0.2) is 39.4 Å². The van der Waals surface area contributed by atoms with Gasteiger partial charge >= 0.3 is 0 Å². The smallest absolute Gasteiger partial charge is 0.260 e. The van der Waals surface area contributed by atoms with E-state index in [1.165, 1.54) is 29.2 Å². The molecule has 0 saturated carbocycles. The second-order valence-electron chi connectivity index (χ2n) is 6.45.